The molecule has 0 radical (unpaired) electrons. The van der Waals surface area contributed by atoms with E-state index in [1.807, 2.05) is 12.1 Å². The van der Waals surface area contributed by atoms with E-state index in [9.17, 15) is 4.79 Å². The molecule has 2 aliphatic rings. The quantitative estimate of drug-likeness (QED) is 0.893. The van der Waals surface area contributed by atoms with Crippen LogP contribution < -0.4 is 10.6 Å². The normalized spacial score (nSPS) is 22.6. The summed E-state index contributed by atoms with van der Waals surface area (Å²) in [7, 11) is 0. The molecule has 1 aromatic carbocycles. The number of carbonyl (C=O) groups is 1. The lowest BCUT2D eigenvalue weighted by atomic mass is 9.87. The zero-order valence-corrected chi connectivity index (χ0v) is 12.7. The fraction of sp³-hybridized carbons (Fsp3) is 0.611. The second kappa shape index (κ2) is 7.08. The van der Waals surface area contributed by atoms with E-state index < -0.39 is 0 Å². The van der Waals surface area contributed by atoms with Gasteiger partial charge in [-0.05, 0) is 23.5 Å². The Morgan fingerprint density at radius 3 is 2.86 bits per heavy atom. The Labute approximate surface area is 127 Å². The Hall–Kier alpha value is -1.35. The minimum atomic E-state index is -0.0266. The van der Waals surface area contributed by atoms with Crippen molar-refractivity contribution in [2.75, 3.05) is 13.1 Å². The van der Waals surface area contributed by atoms with E-state index in [4.69, 9.17) is 0 Å². The van der Waals surface area contributed by atoms with Crippen molar-refractivity contribution in [3.05, 3.63) is 35.4 Å². The molecule has 1 amide bonds. The van der Waals surface area contributed by atoms with Gasteiger partial charge >= 0.3 is 0 Å². The molecule has 1 unspecified atom stereocenters. The van der Waals surface area contributed by atoms with Crippen LogP contribution in [-0.4, -0.2) is 19.0 Å². The van der Waals surface area contributed by atoms with Gasteiger partial charge in [0.2, 0.25) is 5.91 Å². The van der Waals surface area contributed by atoms with E-state index in [0.717, 1.165) is 32.0 Å². The molecule has 114 valence electrons. The van der Waals surface area contributed by atoms with Crippen molar-refractivity contribution in [2.45, 2.75) is 51.0 Å². The van der Waals surface area contributed by atoms with Crippen LogP contribution in [0.25, 0.3) is 0 Å². The molecule has 0 saturated heterocycles. The van der Waals surface area contributed by atoms with Gasteiger partial charge in [-0.2, -0.15) is 0 Å². The number of nitrogens with one attached hydrogen (secondary N) is 2. The molecule has 1 heterocycles. The summed E-state index contributed by atoms with van der Waals surface area (Å²) >= 11 is 0. The predicted octanol–water partition coefficient (Wildman–Crippen LogP) is 2.96. The molecular weight excluding hydrogens is 260 g/mol. The van der Waals surface area contributed by atoms with Gasteiger partial charge in [0, 0.05) is 19.6 Å². The average molecular weight is 286 g/mol. The van der Waals surface area contributed by atoms with E-state index in [1.165, 1.54) is 43.2 Å². The summed E-state index contributed by atoms with van der Waals surface area (Å²) in [4.78, 5) is 12.5. The smallest absolute Gasteiger partial charge is 0.228 e. The predicted molar refractivity (Wildman–Crippen MR) is 85.1 cm³/mol. The molecule has 3 heteroatoms. The van der Waals surface area contributed by atoms with Crippen LogP contribution in [0.15, 0.2) is 24.3 Å². The van der Waals surface area contributed by atoms with E-state index >= 15 is 0 Å². The van der Waals surface area contributed by atoms with Gasteiger partial charge in [0.15, 0.2) is 0 Å². The van der Waals surface area contributed by atoms with Crippen molar-refractivity contribution in [3.63, 3.8) is 0 Å². The van der Waals surface area contributed by atoms with Crippen LogP contribution in [0.3, 0.4) is 0 Å². The molecule has 0 aromatic heterocycles. The highest BCUT2D eigenvalue weighted by Crippen LogP contribution is 2.26. The second-order valence-corrected chi connectivity index (χ2v) is 6.47. The van der Waals surface area contributed by atoms with Crippen molar-refractivity contribution in [2.24, 2.45) is 5.92 Å². The van der Waals surface area contributed by atoms with Gasteiger partial charge < -0.3 is 10.6 Å². The highest BCUT2D eigenvalue weighted by atomic mass is 16.1. The molecule has 2 N–H and O–H groups in total. The highest BCUT2D eigenvalue weighted by molar-refractivity contribution is 5.84. The standard InChI is InChI=1S/C18H26N2O/c21-18(20-11-10-14-6-2-1-3-7-14)17-13-19-12-15-8-4-5-9-16(15)17/h4-5,8-9,14,17,19H,1-3,6-7,10-13H2,(H,20,21). The molecule has 1 aliphatic heterocycles. The topological polar surface area (TPSA) is 41.1 Å². The summed E-state index contributed by atoms with van der Waals surface area (Å²) in [5.74, 6) is 0.989. The maximum atomic E-state index is 12.5. The van der Waals surface area contributed by atoms with Crippen molar-refractivity contribution in [1.29, 1.82) is 0 Å². The molecule has 0 spiro atoms. The third kappa shape index (κ3) is 3.65. The van der Waals surface area contributed by atoms with Gasteiger partial charge in [0.05, 0.1) is 5.92 Å². The zero-order chi connectivity index (χ0) is 14.5. The first-order valence-corrected chi connectivity index (χ1v) is 8.41. The lowest BCUT2D eigenvalue weighted by molar-refractivity contribution is -0.122. The van der Waals surface area contributed by atoms with E-state index in [-0.39, 0.29) is 11.8 Å². The van der Waals surface area contributed by atoms with E-state index in [0.29, 0.717) is 0 Å². The average Bonchev–Trinajstić information content (AvgIpc) is 2.55. The second-order valence-electron chi connectivity index (χ2n) is 6.47. The molecule has 3 rings (SSSR count). The largest absolute Gasteiger partial charge is 0.356 e. The molecule has 1 aliphatic carbocycles. The Bertz CT molecular complexity index is 480. The summed E-state index contributed by atoms with van der Waals surface area (Å²) in [5, 5.41) is 6.51. The van der Waals surface area contributed by atoms with Crippen molar-refractivity contribution < 1.29 is 4.79 Å². The summed E-state index contributed by atoms with van der Waals surface area (Å²) in [6.07, 6.45) is 7.99. The summed E-state index contributed by atoms with van der Waals surface area (Å²) in [6, 6.07) is 8.29. The Morgan fingerprint density at radius 1 is 1.19 bits per heavy atom. The maximum Gasteiger partial charge on any atom is 0.228 e. The van der Waals surface area contributed by atoms with Gasteiger partial charge in [-0.15, -0.1) is 0 Å². The van der Waals surface area contributed by atoms with Crippen LogP contribution >= 0.6 is 0 Å². The number of fused-ring (bicyclic) bond motifs is 1. The molecule has 21 heavy (non-hydrogen) atoms. The molecule has 1 atom stereocenters. The number of rotatable bonds is 4. The molecule has 0 bridgehead atoms. The van der Waals surface area contributed by atoms with Crippen LogP contribution in [-0.2, 0) is 11.3 Å². The van der Waals surface area contributed by atoms with Gasteiger partial charge in [0.1, 0.15) is 0 Å². The minimum Gasteiger partial charge on any atom is -0.356 e. The Balaban J connectivity index is 1.51. The van der Waals surface area contributed by atoms with E-state index in [2.05, 4.69) is 22.8 Å². The van der Waals surface area contributed by atoms with Crippen LogP contribution in [0.5, 0.6) is 0 Å². The number of benzene rings is 1. The van der Waals surface area contributed by atoms with Crippen molar-refractivity contribution in [1.82, 2.24) is 10.6 Å². The van der Waals surface area contributed by atoms with Crippen LogP contribution in [0.4, 0.5) is 0 Å². The maximum absolute atomic E-state index is 12.5. The first-order valence-electron chi connectivity index (χ1n) is 8.41. The summed E-state index contributed by atoms with van der Waals surface area (Å²) < 4.78 is 0. The van der Waals surface area contributed by atoms with Crippen LogP contribution in [0, 0.1) is 5.92 Å². The molecule has 3 nitrogen and oxygen atoms in total. The number of amides is 1. The molecule has 1 saturated carbocycles. The SMILES string of the molecule is O=C(NCCC1CCCCC1)C1CNCc2ccccc21. The lowest BCUT2D eigenvalue weighted by Crippen LogP contribution is -2.39. The molecular formula is C18H26N2O. The van der Waals surface area contributed by atoms with Gasteiger partial charge in [-0.3, -0.25) is 4.79 Å². The van der Waals surface area contributed by atoms with Crippen molar-refractivity contribution >= 4 is 5.91 Å². The number of hydrogen-bond acceptors (Lipinski definition) is 2. The fourth-order valence-corrected chi connectivity index (χ4v) is 3.73. The summed E-state index contributed by atoms with van der Waals surface area (Å²) in [5.41, 5.74) is 2.46. The summed E-state index contributed by atoms with van der Waals surface area (Å²) in [6.45, 7) is 2.47. The Kier molecular flexibility index (Phi) is 4.91. The van der Waals surface area contributed by atoms with Gasteiger partial charge in [0.25, 0.3) is 0 Å². The highest BCUT2D eigenvalue weighted by Gasteiger charge is 2.25. The minimum absolute atomic E-state index is 0.0266. The lowest BCUT2D eigenvalue weighted by Gasteiger charge is -2.26. The molecule has 1 aromatic rings. The zero-order valence-electron chi connectivity index (χ0n) is 12.7. The monoisotopic (exact) mass is 286 g/mol. The molecule has 1 fully saturated rings. The Morgan fingerprint density at radius 2 is 2.00 bits per heavy atom. The van der Waals surface area contributed by atoms with Gasteiger partial charge in [-0.25, -0.2) is 0 Å². The third-order valence-corrected chi connectivity index (χ3v) is 4.99. The number of carbonyl (C=O) groups excluding carboxylic acids is 1. The fourth-order valence-electron chi connectivity index (χ4n) is 3.73. The van der Waals surface area contributed by atoms with Gasteiger partial charge in [-0.1, -0.05) is 56.4 Å². The first kappa shape index (κ1) is 14.6. The first-order chi connectivity index (χ1) is 10.3. The third-order valence-electron chi connectivity index (χ3n) is 4.99. The van der Waals surface area contributed by atoms with E-state index in [1.54, 1.807) is 0 Å². The van der Waals surface area contributed by atoms with Crippen molar-refractivity contribution in [3.8, 4) is 0 Å². The van der Waals surface area contributed by atoms with Crippen LogP contribution in [0.1, 0.15) is 55.6 Å². The number of hydrogen-bond donors (Lipinski definition) is 2. The van der Waals surface area contributed by atoms with Crippen LogP contribution in [0.2, 0.25) is 0 Å².